The number of esters is 1. The van der Waals surface area contributed by atoms with E-state index in [1.807, 2.05) is 13.8 Å². The summed E-state index contributed by atoms with van der Waals surface area (Å²) in [6.07, 6.45) is 9.49. The average Bonchev–Trinajstić information content (AvgIpc) is 3.50. The van der Waals surface area contributed by atoms with Crippen LogP contribution in [0.15, 0.2) is 47.4 Å². The topological polar surface area (TPSA) is 133 Å². The molecule has 4 fully saturated rings. The zero-order valence-corrected chi connectivity index (χ0v) is 35.2. The van der Waals surface area contributed by atoms with E-state index in [1.54, 1.807) is 13.8 Å². The summed E-state index contributed by atoms with van der Waals surface area (Å²) in [6, 6.07) is 10.1. The predicted molar refractivity (Wildman–Crippen MR) is 212 cm³/mol. The van der Waals surface area contributed by atoms with Crippen LogP contribution in [0.1, 0.15) is 138 Å². The highest BCUT2D eigenvalue weighted by Crippen LogP contribution is 2.66. The lowest BCUT2D eigenvalue weighted by atomic mass is 9.45. The van der Waals surface area contributed by atoms with Crippen LogP contribution >= 0.6 is 7.60 Å². The van der Waals surface area contributed by atoms with Gasteiger partial charge in [-0.1, -0.05) is 27.7 Å². The molecule has 0 saturated heterocycles. The summed E-state index contributed by atoms with van der Waals surface area (Å²) in [4.78, 5) is 40.6. The van der Waals surface area contributed by atoms with Gasteiger partial charge in [-0.25, -0.2) is 13.2 Å². The van der Waals surface area contributed by atoms with E-state index in [2.05, 4.69) is 13.8 Å². The van der Waals surface area contributed by atoms with E-state index in [1.165, 1.54) is 46.8 Å². The van der Waals surface area contributed by atoms with E-state index in [0.717, 1.165) is 51.4 Å². The van der Waals surface area contributed by atoms with E-state index in [0.29, 0.717) is 61.8 Å². The molecule has 0 heterocycles. The predicted octanol–water partition coefficient (Wildman–Crippen LogP) is 8.76. The monoisotopic (exact) mass is 797 g/mol. The van der Waals surface area contributed by atoms with Crippen LogP contribution in [0.25, 0.3) is 0 Å². The number of carbonyl (C=O) groups is 3. The number of hydrogen-bond acceptors (Lipinski definition) is 9. The highest BCUT2D eigenvalue weighted by molar-refractivity contribution is 7.89. The zero-order chi connectivity index (χ0) is 39.8. The third-order valence-electron chi connectivity index (χ3n) is 13.7. The molecule has 4 aliphatic rings. The van der Waals surface area contributed by atoms with Crippen molar-refractivity contribution < 1.29 is 41.2 Å². The van der Waals surface area contributed by atoms with Crippen LogP contribution in [0.3, 0.4) is 0 Å². The third-order valence-corrected chi connectivity index (χ3v) is 17.8. The van der Waals surface area contributed by atoms with Crippen LogP contribution in [0, 0.1) is 34.5 Å². The fourth-order valence-corrected chi connectivity index (χ4v) is 14.3. The Morgan fingerprint density at radius 1 is 0.818 bits per heavy atom. The molecule has 0 spiro atoms. The molecule has 302 valence electrons. The van der Waals surface area contributed by atoms with Crippen molar-refractivity contribution in [2.75, 3.05) is 26.3 Å². The smallest absolute Gasteiger partial charge is 0.362 e. The van der Waals surface area contributed by atoms with Crippen LogP contribution in [-0.4, -0.2) is 62.7 Å². The van der Waals surface area contributed by atoms with Crippen LogP contribution in [-0.2, 0) is 33.2 Å². The van der Waals surface area contributed by atoms with Crippen molar-refractivity contribution in [1.29, 1.82) is 0 Å². The molecule has 2 aromatic carbocycles. The second kappa shape index (κ2) is 16.7. The molecule has 55 heavy (non-hydrogen) atoms. The first-order valence-electron chi connectivity index (χ1n) is 20.6. The number of ketones is 2. The number of Topliss-reactive ketones (excluding diaryl/α,β-unsaturated/α-hetero) is 1. The summed E-state index contributed by atoms with van der Waals surface area (Å²) in [5.74, 6) is 1.41. The molecule has 0 aliphatic heterocycles. The lowest BCUT2D eigenvalue weighted by molar-refractivity contribution is -0.142. The van der Waals surface area contributed by atoms with Crippen molar-refractivity contribution in [2.45, 2.75) is 123 Å². The maximum atomic E-state index is 14.3. The van der Waals surface area contributed by atoms with Gasteiger partial charge in [0.25, 0.3) is 0 Å². The molecule has 4 aliphatic carbocycles. The Balaban J connectivity index is 1.25. The Morgan fingerprint density at radius 3 is 2.09 bits per heavy atom. The van der Waals surface area contributed by atoms with E-state index in [9.17, 15) is 27.4 Å². The Hall–Kier alpha value is -2.69. The van der Waals surface area contributed by atoms with Gasteiger partial charge in [-0.2, -0.15) is 4.31 Å². The van der Waals surface area contributed by atoms with Gasteiger partial charge in [0.2, 0.25) is 10.0 Å². The molecule has 0 amide bonds. The Labute approximate surface area is 328 Å². The Kier molecular flexibility index (Phi) is 12.7. The van der Waals surface area contributed by atoms with Crippen molar-refractivity contribution in [2.24, 2.45) is 34.5 Å². The van der Waals surface area contributed by atoms with Crippen LogP contribution < -0.4 is 5.30 Å². The van der Waals surface area contributed by atoms with Gasteiger partial charge < -0.3 is 13.8 Å². The number of benzene rings is 2. The van der Waals surface area contributed by atoms with Gasteiger partial charge in [-0.05, 0) is 143 Å². The molecule has 10 nitrogen and oxygen atoms in total. The average molecular weight is 798 g/mol. The molecule has 0 N–H and O–H groups in total. The minimum absolute atomic E-state index is 0.0311. The quantitative estimate of drug-likeness (QED) is 0.0986. The first-order valence-corrected chi connectivity index (χ1v) is 23.6. The minimum Gasteiger partial charge on any atom is -0.458 e. The third kappa shape index (κ3) is 7.82. The number of carbonyl (C=O) groups excluding carboxylic acids is 3. The van der Waals surface area contributed by atoms with Gasteiger partial charge in [0.1, 0.15) is 11.9 Å². The lowest BCUT2D eigenvalue weighted by Crippen LogP contribution is -2.54. The van der Waals surface area contributed by atoms with Crippen LogP contribution in [0.4, 0.5) is 0 Å². The van der Waals surface area contributed by atoms with E-state index >= 15 is 0 Å². The number of nitrogens with zero attached hydrogens (tertiary/aromatic N) is 1. The van der Waals surface area contributed by atoms with Gasteiger partial charge in [0.05, 0.1) is 29.0 Å². The van der Waals surface area contributed by atoms with Gasteiger partial charge in [-0.3, -0.25) is 14.2 Å². The van der Waals surface area contributed by atoms with Crippen LogP contribution in [0.5, 0.6) is 0 Å². The summed E-state index contributed by atoms with van der Waals surface area (Å²) < 4.78 is 60.3. The lowest BCUT2D eigenvalue weighted by Gasteiger charge is -2.60. The molecule has 1 unspecified atom stereocenters. The maximum Gasteiger partial charge on any atom is 0.362 e. The number of fused-ring (bicyclic) bond motifs is 5. The highest BCUT2D eigenvalue weighted by atomic mass is 32.2. The number of hydrogen-bond donors (Lipinski definition) is 0. The standard InChI is InChI=1S/C43H60NO9PS/c1-7-25-44(26-8-2)55(49,50)33-15-11-29(12-16-33)40(46)35-17-13-30(27-38(35)54(48,51-9-3)52-10-4)41(47)53-39-20-19-36-34-18-14-31-28-32(45)21-23-42(31,5)37(34)22-24-43(36,39)6/h11-13,15-17,27,31,34,36-37,39H,7-10,14,18-26,28H2,1-6H3/t31-,34?,36-,37-,39-,42-,43-/m0/s1. The highest BCUT2D eigenvalue weighted by Gasteiger charge is 2.61. The molecular weight excluding hydrogens is 738 g/mol. The molecule has 6 rings (SSSR count). The molecule has 4 saturated carbocycles. The summed E-state index contributed by atoms with van der Waals surface area (Å²) in [6.45, 7) is 12.8. The summed E-state index contributed by atoms with van der Waals surface area (Å²) >= 11 is 0. The van der Waals surface area contributed by atoms with E-state index < -0.39 is 29.4 Å². The Bertz CT molecular complexity index is 1900. The number of rotatable bonds is 15. The first kappa shape index (κ1) is 41.9. The SMILES string of the molecule is CCCN(CCC)S(=O)(=O)c1ccc(C(=O)c2ccc(C(=O)O[C@H]3CC[C@H]4C5CC[C@H]6CC(=O)CC[C@]6(C)[C@H]5CC[C@]34C)cc2P(=O)(OCC)OCC)cc1. The van der Waals surface area contributed by atoms with Gasteiger partial charge in [0, 0.05) is 42.5 Å². The molecule has 2 aromatic rings. The molecule has 0 radical (unpaired) electrons. The molecule has 12 heteroatoms. The second-order valence-corrected chi connectivity index (χ2v) is 20.7. The normalized spacial score (nSPS) is 29.4. The first-order chi connectivity index (χ1) is 26.2. The Morgan fingerprint density at radius 2 is 1.45 bits per heavy atom. The van der Waals surface area contributed by atoms with Crippen LogP contribution in [0.2, 0.25) is 0 Å². The molecule has 0 aromatic heterocycles. The van der Waals surface area contributed by atoms with Crippen molar-refractivity contribution in [3.63, 3.8) is 0 Å². The molecular formula is C43H60NO9PS. The number of sulfonamides is 1. The minimum atomic E-state index is -4.08. The van der Waals surface area contributed by atoms with Gasteiger partial charge in [-0.15, -0.1) is 0 Å². The fraction of sp³-hybridized carbons (Fsp3) is 0.651. The van der Waals surface area contributed by atoms with Crippen molar-refractivity contribution in [1.82, 2.24) is 4.31 Å². The van der Waals surface area contributed by atoms with Gasteiger partial charge >= 0.3 is 13.6 Å². The van der Waals surface area contributed by atoms with Gasteiger partial charge in [0.15, 0.2) is 5.78 Å². The zero-order valence-electron chi connectivity index (χ0n) is 33.5. The molecule has 7 atom stereocenters. The van der Waals surface area contributed by atoms with E-state index in [-0.39, 0.29) is 57.0 Å². The summed E-state index contributed by atoms with van der Waals surface area (Å²) in [5.41, 5.74) is 0.410. The van der Waals surface area contributed by atoms with Crippen molar-refractivity contribution in [3.8, 4) is 0 Å². The maximum absolute atomic E-state index is 14.3. The summed E-state index contributed by atoms with van der Waals surface area (Å²) in [5, 5.41) is -0.0311. The van der Waals surface area contributed by atoms with E-state index in [4.69, 9.17) is 13.8 Å². The fourth-order valence-electron chi connectivity index (χ4n) is 10.9. The van der Waals surface area contributed by atoms with Crippen molar-refractivity contribution in [3.05, 3.63) is 59.2 Å². The largest absolute Gasteiger partial charge is 0.458 e. The number of ether oxygens (including phenoxy) is 1. The van der Waals surface area contributed by atoms with Crippen molar-refractivity contribution >= 4 is 40.5 Å². The second-order valence-electron chi connectivity index (χ2n) is 16.7. The summed E-state index contributed by atoms with van der Waals surface area (Å²) in [7, 11) is -7.84. The molecule has 0 bridgehead atoms.